The van der Waals surface area contributed by atoms with Crippen LogP contribution in [0.15, 0.2) is 79.0 Å². The summed E-state index contributed by atoms with van der Waals surface area (Å²) in [5.41, 5.74) is 8.68. The van der Waals surface area contributed by atoms with Crippen LogP contribution in [0.2, 0.25) is 0 Å². The first kappa shape index (κ1) is 40.0. The Morgan fingerprint density at radius 1 is 1.02 bits per heavy atom. The van der Waals surface area contributed by atoms with Gasteiger partial charge in [-0.15, -0.1) is 0 Å². The molecule has 1 aromatic heterocycles. The third-order valence-corrected chi connectivity index (χ3v) is 14.3. The SMILES string of the molecule is CNC(=O)CCCC=O.O=C1NCc2c1ccc1c2OCC2CN(CC3CC4(CCN(c5ccc(C6c7ccc(O)cc7CCC6c6ccccc6)cn5)CC4)C3)CCN12. The number of aldehydes is 1. The number of benzene rings is 3. The molecule has 4 aliphatic heterocycles. The molecule has 1 saturated carbocycles. The summed E-state index contributed by atoms with van der Waals surface area (Å²) >= 11 is 0. The van der Waals surface area contributed by atoms with Crippen LogP contribution in [0.1, 0.15) is 101 Å². The zero-order valence-corrected chi connectivity index (χ0v) is 34.8. The number of fused-ring (bicyclic) bond motifs is 6. The fourth-order valence-corrected chi connectivity index (χ4v) is 11.2. The lowest BCUT2D eigenvalue weighted by Gasteiger charge is -2.54. The molecule has 2 aliphatic carbocycles. The van der Waals surface area contributed by atoms with E-state index in [1.165, 1.54) is 54.5 Å². The topological polar surface area (TPSA) is 127 Å². The number of pyridine rings is 1. The number of hydrogen-bond donors (Lipinski definition) is 3. The predicted molar refractivity (Wildman–Crippen MR) is 233 cm³/mol. The fourth-order valence-electron chi connectivity index (χ4n) is 11.2. The van der Waals surface area contributed by atoms with Crippen LogP contribution in [-0.4, -0.2) is 92.1 Å². The van der Waals surface area contributed by atoms with Crippen molar-refractivity contribution in [3.8, 4) is 11.5 Å². The van der Waals surface area contributed by atoms with Crippen LogP contribution in [-0.2, 0) is 22.6 Å². The molecule has 1 spiro atoms. The summed E-state index contributed by atoms with van der Waals surface area (Å²) in [7, 11) is 1.59. The van der Waals surface area contributed by atoms with Crippen molar-refractivity contribution in [1.82, 2.24) is 20.5 Å². The summed E-state index contributed by atoms with van der Waals surface area (Å²) < 4.78 is 6.31. The second-order valence-corrected chi connectivity index (χ2v) is 17.9. The second kappa shape index (κ2) is 17.3. The number of aryl methyl sites for hydroxylation is 1. The number of hydrogen-bond acceptors (Lipinski definition) is 9. The standard InChI is InChI=1S/C43H47N5O3.C6H11NO2/c49-33-8-10-35-30(20-33)6-9-34(29-4-2-1-3-5-29)40(35)31-7-13-39(44-23-31)47-16-14-43(15-17-47)21-28(22-43)25-46-18-19-48-32(26-46)27-51-41-37-24-45-42(50)36(37)11-12-38(41)48;1-7-6(9)4-2-3-5-8/h1-5,7-8,10-13,20,23,28,32,34,40,49H,6,9,14-19,21-22,24-27H2,(H,45,50);5H,2-4H2,1H3,(H,7,9). The van der Waals surface area contributed by atoms with Crippen molar-refractivity contribution >= 4 is 29.6 Å². The van der Waals surface area contributed by atoms with Gasteiger partial charge in [-0.05, 0) is 115 Å². The number of nitrogens with zero attached hydrogens (tertiary/aromatic N) is 4. The van der Waals surface area contributed by atoms with Crippen LogP contribution >= 0.6 is 0 Å². The lowest BCUT2D eigenvalue weighted by Crippen LogP contribution is -2.59. The van der Waals surface area contributed by atoms with E-state index in [1.807, 2.05) is 18.2 Å². The van der Waals surface area contributed by atoms with Gasteiger partial charge in [0.25, 0.3) is 5.91 Å². The maximum absolute atomic E-state index is 12.2. The molecule has 11 nitrogen and oxygen atoms in total. The van der Waals surface area contributed by atoms with E-state index >= 15 is 0 Å². The first-order valence-corrected chi connectivity index (χ1v) is 22.1. The summed E-state index contributed by atoms with van der Waals surface area (Å²) in [4.78, 5) is 45.2. The van der Waals surface area contributed by atoms with Crippen molar-refractivity contribution in [2.45, 2.75) is 82.2 Å². The Labute approximate surface area is 353 Å². The molecule has 4 aromatic rings. The summed E-state index contributed by atoms with van der Waals surface area (Å²) in [5.74, 6) is 3.79. The van der Waals surface area contributed by atoms with Gasteiger partial charge in [0.2, 0.25) is 5.91 Å². The molecule has 3 aromatic carbocycles. The second-order valence-electron chi connectivity index (χ2n) is 17.9. The molecule has 2 amide bonds. The number of aromatic hydroxyl groups is 1. The van der Waals surface area contributed by atoms with Crippen LogP contribution < -0.4 is 25.2 Å². The van der Waals surface area contributed by atoms with Gasteiger partial charge in [-0.1, -0.05) is 42.5 Å². The quantitative estimate of drug-likeness (QED) is 0.127. The minimum atomic E-state index is -0.00292. The van der Waals surface area contributed by atoms with Crippen LogP contribution in [0, 0.1) is 11.3 Å². The van der Waals surface area contributed by atoms with Crippen LogP contribution in [0.3, 0.4) is 0 Å². The van der Waals surface area contributed by atoms with E-state index in [9.17, 15) is 19.5 Å². The fraction of sp³-hybridized carbons (Fsp3) is 0.469. The Balaban J connectivity index is 0.000000464. The number of piperazine rings is 1. The van der Waals surface area contributed by atoms with Gasteiger partial charge in [-0.3, -0.25) is 14.5 Å². The molecule has 314 valence electrons. The Morgan fingerprint density at radius 2 is 1.85 bits per heavy atom. The van der Waals surface area contributed by atoms with E-state index in [2.05, 4.69) is 86.1 Å². The molecule has 6 aliphatic rings. The van der Waals surface area contributed by atoms with Crippen LogP contribution in [0.4, 0.5) is 11.5 Å². The third-order valence-electron chi connectivity index (χ3n) is 14.3. The average Bonchev–Trinajstić information content (AvgIpc) is 3.66. The van der Waals surface area contributed by atoms with Gasteiger partial charge in [0.15, 0.2) is 0 Å². The highest BCUT2D eigenvalue weighted by Crippen LogP contribution is 2.53. The van der Waals surface area contributed by atoms with Gasteiger partial charge in [-0.25, -0.2) is 4.98 Å². The van der Waals surface area contributed by atoms with Crippen molar-refractivity contribution in [2.24, 2.45) is 11.3 Å². The highest BCUT2D eigenvalue weighted by Gasteiger charge is 2.47. The molecule has 3 unspecified atom stereocenters. The van der Waals surface area contributed by atoms with Crippen molar-refractivity contribution in [2.75, 3.05) is 62.7 Å². The van der Waals surface area contributed by atoms with Gasteiger partial charge in [-0.2, -0.15) is 0 Å². The summed E-state index contributed by atoms with van der Waals surface area (Å²) in [6.45, 7) is 7.78. The van der Waals surface area contributed by atoms with Crippen molar-refractivity contribution in [1.29, 1.82) is 0 Å². The van der Waals surface area contributed by atoms with Crippen LogP contribution in [0.25, 0.3) is 0 Å². The van der Waals surface area contributed by atoms with Crippen LogP contribution in [0.5, 0.6) is 11.5 Å². The number of carbonyl (C=O) groups is 3. The molecule has 3 atom stereocenters. The molecule has 0 bridgehead atoms. The maximum atomic E-state index is 12.2. The minimum absolute atomic E-state index is 0.00292. The van der Waals surface area contributed by atoms with E-state index < -0.39 is 0 Å². The number of rotatable bonds is 9. The largest absolute Gasteiger partial charge is 0.508 e. The normalized spacial score (nSPS) is 22.8. The molecule has 3 N–H and O–H groups in total. The molecule has 11 heteroatoms. The Hall–Kier alpha value is -5.42. The molecule has 2 saturated heterocycles. The van der Waals surface area contributed by atoms with Gasteiger partial charge in [0.1, 0.15) is 30.2 Å². The molecule has 10 rings (SSSR count). The van der Waals surface area contributed by atoms with Gasteiger partial charge < -0.3 is 35.1 Å². The predicted octanol–water partition coefficient (Wildman–Crippen LogP) is 6.57. The number of phenolic OH excluding ortho intramolecular Hbond substituents is 1. The molecular formula is C49H58N6O5. The lowest BCUT2D eigenvalue weighted by molar-refractivity contribution is -0.120. The highest BCUT2D eigenvalue weighted by molar-refractivity contribution is 6.00. The maximum Gasteiger partial charge on any atom is 0.252 e. The Morgan fingerprint density at radius 3 is 2.62 bits per heavy atom. The number of carbonyl (C=O) groups excluding carboxylic acids is 3. The van der Waals surface area contributed by atoms with Gasteiger partial charge in [0, 0.05) is 88.9 Å². The van der Waals surface area contributed by atoms with Crippen molar-refractivity contribution in [3.05, 3.63) is 112 Å². The molecular weight excluding hydrogens is 753 g/mol. The number of nitrogens with one attached hydrogen (secondary N) is 2. The molecule has 3 fully saturated rings. The summed E-state index contributed by atoms with van der Waals surface area (Å²) in [6.07, 6.45) is 11.8. The molecule has 0 radical (unpaired) electrons. The van der Waals surface area contributed by atoms with E-state index in [0.717, 1.165) is 86.2 Å². The van der Waals surface area contributed by atoms with Gasteiger partial charge >= 0.3 is 0 Å². The van der Waals surface area contributed by atoms with Crippen molar-refractivity contribution < 1.29 is 24.2 Å². The first-order chi connectivity index (χ1) is 29.3. The van der Waals surface area contributed by atoms with E-state index in [4.69, 9.17) is 9.72 Å². The van der Waals surface area contributed by atoms with Crippen molar-refractivity contribution in [3.63, 3.8) is 0 Å². The average molecular weight is 811 g/mol. The van der Waals surface area contributed by atoms with E-state index in [0.29, 0.717) is 55.5 Å². The molecule has 60 heavy (non-hydrogen) atoms. The number of aromatic nitrogens is 1. The van der Waals surface area contributed by atoms with E-state index in [1.54, 1.807) is 7.05 Å². The van der Waals surface area contributed by atoms with E-state index in [-0.39, 0.29) is 17.7 Å². The molecule has 5 heterocycles. The van der Waals surface area contributed by atoms with Gasteiger partial charge in [0.05, 0.1) is 11.7 Å². The Kier molecular flexibility index (Phi) is 11.5. The minimum Gasteiger partial charge on any atom is -0.508 e. The summed E-state index contributed by atoms with van der Waals surface area (Å²) in [5, 5.41) is 15.6. The Bertz CT molecular complexity index is 2180. The number of amides is 2. The lowest BCUT2D eigenvalue weighted by atomic mass is 9.57. The smallest absolute Gasteiger partial charge is 0.252 e. The highest BCUT2D eigenvalue weighted by atomic mass is 16.5. The number of anilines is 2. The summed E-state index contributed by atoms with van der Waals surface area (Å²) in [6, 6.07) is 25.9. The number of phenols is 1. The number of piperidine rings is 1. The zero-order chi connectivity index (χ0) is 41.2. The first-order valence-electron chi connectivity index (χ1n) is 22.1. The number of ether oxygens (including phenoxy) is 1. The third kappa shape index (κ3) is 8.08. The number of unbranched alkanes of at least 4 members (excludes halogenated alkanes) is 1. The zero-order valence-electron chi connectivity index (χ0n) is 34.8. The monoisotopic (exact) mass is 810 g/mol.